The number of carbonyl (C=O) groups excluding carboxylic acids is 1. The maximum atomic E-state index is 11.3. The first-order valence-corrected chi connectivity index (χ1v) is 6.02. The summed E-state index contributed by atoms with van der Waals surface area (Å²) in [4.78, 5) is 17.2. The molecule has 1 amide bonds. The van der Waals surface area contributed by atoms with Crippen molar-refractivity contribution >= 4 is 17.5 Å². The van der Waals surface area contributed by atoms with Crippen LogP contribution in [0.5, 0.6) is 0 Å². The van der Waals surface area contributed by atoms with E-state index in [4.69, 9.17) is 20.5 Å². The average Bonchev–Trinajstić information content (AvgIpc) is 2.96. The summed E-state index contributed by atoms with van der Waals surface area (Å²) in [5.41, 5.74) is 0. The number of furan rings is 1. The number of carbonyl (C=O) groups is 1. The van der Waals surface area contributed by atoms with Gasteiger partial charge in [0.05, 0.1) is 12.2 Å². The number of rotatable bonds is 3. The van der Waals surface area contributed by atoms with Crippen LogP contribution in [0.3, 0.4) is 0 Å². The predicted molar refractivity (Wildman–Crippen MR) is 62.0 cm³/mol. The van der Waals surface area contributed by atoms with E-state index in [1.54, 1.807) is 23.3 Å². The van der Waals surface area contributed by atoms with Crippen LogP contribution in [0.15, 0.2) is 27.3 Å². The largest absolute Gasteiger partial charge is 0.461 e. The van der Waals surface area contributed by atoms with Crippen molar-refractivity contribution in [1.82, 2.24) is 15.0 Å². The molecule has 0 bridgehead atoms. The minimum atomic E-state index is -0.0707. The van der Waals surface area contributed by atoms with Crippen LogP contribution in [0.25, 0.3) is 11.6 Å². The molecule has 1 aliphatic rings. The van der Waals surface area contributed by atoms with Crippen LogP contribution in [-0.4, -0.2) is 39.9 Å². The van der Waals surface area contributed by atoms with Crippen LogP contribution in [-0.2, 0) is 4.79 Å². The topological polar surface area (TPSA) is 72.4 Å². The predicted octanol–water partition coefficient (Wildman–Crippen LogP) is 1.49. The van der Waals surface area contributed by atoms with E-state index in [-0.39, 0.29) is 17.7 Å². The Balaban J connectivity index is 1.67. The molecule has 3 heterocycles. The first kappa shape index (κ1) is 11.3. The molecule has 7 heteroatoms. The lowest BCUT2D eigenvalue weighted by atomic mass is 10.0. The van der Waals surface area contributed by atoms with E-state index in [0.29, 0.717) is 30.6 Å². The van der Waals surface area contributed by atoms with Crippen LogP contribution in [0.2, 0.25) is 0 Å². The molecule has 0 saturated carbocycles. The normalized spacial score (nSPS) is 15.7. The van der Waals surface area contributed by atoms with Gasteiger partial charge in [0.1, 0.15) is 5.88 Å². The van der Waals surface area contributed by atoms with Gasteiger partial charge in [-0.15, -0.1) is 11.6 Å². The summed E-state index contributed by atoms with van der Waals surface area (Å²) in [5, 5.41) is 3.84. The molecule has 18 heavy (non-hydrogen) atoms. The SMILES string of the molecule is O=C(CCl)N1CC(c2nc(-c3ccco3)no2)C1. The molecule has 0 aliphatic carbocycles. The lowest BCUT2D eigenvalue weighted by molar-refractivity contribution is -0.133. The molecule has 0 N–H and O–H groups in total. The van der Waals surface area contributed by atoms with E-state index in [0.717, 1.165) is 0 Å². The van der Waals surface area contributed by atoms with Crippen molar-refractivity contribution in [2.75, 3.05) is 19.0 Å². The Morgan fingerprint density at radius 2 is 2.39 bits per heavy atom. The van der Waals surface area contributed by atoms with Gasteiger partial charge in [-0.05, 0) is 12.1 Å². The van der Waals surface area contributed by atoms with E-state index in [9.17, 15) is 4.79 Å². The molecular formula is C11H10ClN3O3. The number of aromatic nitrogens is 2. The van der Waals surface area contributed by atoms with Crippen molar-refractivity contribution in [1.29, 1.82) is 0 Å². The number of halogens is 1. The second kappa shape index (κ2) is 4.45. The van der Waals surface area contributed by atoms with Gasteiger partial charge < -0.3 is 13.8 Å². The summed E-state index contributed by atoms with van der Waals surface area (Å²) in [6.45, 7) is 1.15. The van der Waals surface area contributed by atoms with E-state index < -0.39 is 0 Å². The molecule has 0 aromatic carbocycles. The Labute approximate surface area is 108 Å². The number of hydrogen-bond acceptors (Lipinski definition) is 5. The molecule has 3 rings (SSSR count). The first-order chi connectivity index (χ1) is 8.78. The highest BCUT2D eigenvalue weighted by Crippen LogP contribution is 2.27. The van der Waals surface area contributed by atoms with Crippen LogP contribution < -0.4 is 0 Å². The number of amides is 1. The zero-order chi connectivity index (χ0) is 12.5. The third-order valence-corrected chi connectivity index (χ3v) is 3.11. The monoisotopic (exact) mass is 267 g/mol. The first-order valence-electron chi connectivity index (χ1n) is 5.49. The average molecular weight is 268 g/mol. The Bertz CT molecular complexity index is 546. The Morgan fingerprint density at radius 3 is 3.06 bits per heavy atom. The van der Waals surface area contributed by atoms with E-state index in [1.807, 2.05) is 0 Å². The molecule has 0 spiro atoms. The molecule has 2 aromatic rings. The number of alkyl halides is 1. The van der Waals surface area contributed by atoms with Crippen molar-refractivity contribution in [3.63, 3.8) is 0 Å². The fourth-order valence-corrected chi connectivity index (χ4v) is 2.00. The smallest absolute Gasteiger partial charge is 0.238 e. The van der Waals surface area contributed by atoms with Crippen molar-refractivity contribution in [2.24, 2.45) is 0 Å². The molecule has 94 valence electrons. The highest BCUT2D eigenvalue weighted by atomic mass is 35.5. The summed E-state index contributed by atoms with van der Waals surface area (Å²) in [6.07, 6.45) is 1.55. The molecule has 0 radical (unpaired) electrons. The maximum absolute atomic E-state index is 11.3. The van der Waals surface area contributed by atoms with Crippen LogP contribution in [0.1, 0.15) is 11.8 Å². The molecular weight excluding hydrogens is 258 g/mol. The number of likely N-dealkylation sites (tertiary alicyclic amines) is 1. The van der Waals surface area contributed by atoms with Crippen LogP contribution in [0.4, 0.5) is 0 Å². The minimum absolute atomic E-state index is 0.00813. The quantitative estimate of drug-likeness (QED) is 0.788. The van der Waals surface area contributed by atoms with Crippen LogP contribution >= 0.6 is 11.6 Å². The Morgan fingerprint density at radius 1 is 1.56 bits per heavy atom. The summed E-state index contributed by atoms with van der Waals surface area (Å²) in [7, 11) is 0. The minimum Gasteiger partial charge on any atom is -0.461 e. The van der Waals surface area contributed by atoms with Gasteiger partial charge in [0.15, 0.2) is 5.76 Å². The second-order valence-corrected chi connectivity index (χ2v) is 4.33. The van der Waals surface area contributed by atoms with Crippen molar-refractivity contribution < 1.29 is 13.7 Å². The second-order valence-electron chi connectivity index (χ2n) is 4.06. The van der Waals surface area contributed by atoms with Gasteiger partial charge in [-0.25, -0.2) is 0 Å². The van der Waals surface area contributed by atoms with Gasteiger partial charge in [-0.1, -0.05) is 5.16 Å². The maximum Gasteiger partial charge on any atom is 0.238 e. The standard InChI is InChI=1S/C11H10ClN3O3/c12-4-9(16)15-5-7(6-15)11-13-10(14-18-11)8-2-1-3-17-8/h1-3,7H,4-6H2. The Kier molecular flexibility index (Phi) is 2.79. The van der Waals surface area contributed by atoms with Gasteiger partial charge in [0, 0.05) is 13.1 Å². The summed E-state index contributed by atoms with van der Waals surface area (Å²) < 4.78 is 10.3. The van der Waals surface area contributed by atoms with E-state index in [1.165, 1.54) is 0 Å². The lowest BCUT2D eigenvalue weighted by Gasteiger charge is -2.36. The Hall–Kier alpha value is -1.82. The van der Waals surface area contributed by atoms with Gasteiger partial charge in [-0.3, -0.25) is 4.79 Å². The zero-order valence-corrected chi connectivity index (χ0v) is 10.1. The highest BCUT2D eigenvalue weighted by molar-refractivity contribution is 6.27. The van der Waals surface area contributed by atoms with Crippen molar-refractivity contribution in [3.8, 4) is 11.6 Å². The van der Waals surface area contributed by atoms with Crippen molar-refractivity contribution in [3.05, 3.63) is 24.3 Å². The van der Waals surface area contributed by atoms with Crippen LogP contribution in [0, 0.1) is 0 Å². The molecule has 1 fully saturated rings. The molecule has 6 nitrogen and oxygen atoms in total. The summed E-state index contributed by atoms with van der Waals surface area (Å²) in [6, 6.07) is 3.52. The fourth-order valence-electron chi connectivity index (χ4n) is 1.83. The third-order valence-electron chi connectivity index (χ3n) is 2.88. The number of hydrogen-bond donors (Lipinski definition) is 0. The highest BCUT2D eigenvalue weighted by Gasteiger charge is 2.35. The van der Waals surface area contributed by atoms with Gasteiger partial charge >= 0.3 is 0 Å². The van der Waals surface area contributed by atoms with E-state index in [2.05, 4.69) is 10.1 Å². The summed E-state index contributed by atoms with van der Waals surface area (Å²) >= 11 is 5.47. The zero-order valence-electron chi connectivity index (χ0n) is 9.38. The van der Waals surface area contributed by atoms with Crippen molar-refractivity contribution in [2.45, 2.75) is 5.92 Å². The lowest BCUT2D eigenvalue weighted by Crippen LogP contribution is -2.49. The molecule has 2 aromatic heterocycles. The van der Waals surface area contributed by atoms with Gasteiger partial charge in [0.2, 0.25) is 17.6 Å². The molecule has 1 saturated heterocycles. The number of nitrogens with zero attached hydrogens (tertiary/aromatic N) is 3. The van der Waals surface area contributed by atoms with Gasteiger partial charge in [-0.2, -0.15) is 4.98 Å². The molecule has 0 atom stereocenters. The van der Waals surface area contributed by atoms with E-state index >= 15 is 0 Å². The fraction of sp³-hybridized carbons (Fsp3) is 0.364. The van der Waals surface area contributed by atoms with Gasteiger partial charge in [0.25, 0.3) is 0 Å². The molecule has 1 aliphatic heterocycles. The molecule has 0 unspecified atom stereocenters. The summed E-state index contributed by atoms with van der Waals surface area (Å²) in [5.74, 6) is 1.55. The third kappa shape index (κ3) is 1.88.